The molecule has 0 amide bonds. The van der Waals surface area contributed by atoms with E-state index in [4.69, 9.17) is 84.5 Å². The number of carboxylic acid groups (broad SMARTS) is 10. The van der Waals surface area contributed by atoms with E-state index in [9.17, 15) is 95.8 Å². The van der Waals surface area contributed by atoms with Gasteiger partial charge in [-0.25, -0.2) is 19.2 Å². The van der Waals surface area contributed by atoms with E-state index in [1.54, 1.807) is 19.6 Å². The van der Waals surface area contributed by atoms with Crippen LogP contribution in [0.1, 0.15) is 116 Å². The van der Waals surface area contributed by atoms with Crippen molar-refractivity contribution < 1.29 is 180 Å². The number of nitrogens with zero attached hydrogens (tertiary/aromatic N) is 4. The second-order valence-corrected chi connectivity index (χ2v) is 18.5. The van der Waals surface area contributed by atoms with Gasteiger partial charge in [0.15, 0.2) is 0 Å². The minimum absolute atomic E-state index is 0.0197. The van der Waals surface area contributed by atoms with Crippen LogP contribution in [0.15, 0.2) is 0 Å². The number of hydrogen-bond donors (Lipinski definition) is 10. The summed E-state index contributed by atoms with van der Waals surface area (Å²) >= 11 is 0. The summed E-state index contributed by atoms with van der Waals surface area (Å²) in [6.45, 7) is 3.90. The van der Waals surface area contributed by atoms with Gasteiger partial charge >= 0.3 is 102 Å². The van der Waals surface area contributed by atoms with Crippen LogP contribution in [0.3, 0.4) is 0 Å². The van der Waals surface area contributed by atoms with Gasteiger partial charge in [-0.2, -0.15) is 52.7 Å². The van der Waals surface area contributed by atoms with Crippen molar-refractivity contribution in [1.82, 2.24) is 19.6 Å². The summed E-state index contributed by atoms with van der Waals surface area (Å²) in [5.74, 6) is -18.3. The van der Waals surface area contributed by atoms with Crippen LogP contribution in [0.2, 0.25) is 0 Å². The molecule has 0 aliphatic carbocycles. The molecule has 10 N–H and O–H groups in total. The van der Waals surface area contributed by atoms with E-state index in [1.807, 2.05) is 0 Å². The zero-order valence-corrected chi connectivity index (χ0v) is 49.2. The third kappa shape index (κ3) is 69.6. The van der Waals surface area contributed by atoms with Crippen molar-refractivity contribution >= 4 is 77.6 Å². The highest BCUT2D eigenvalue weighted by Crippen LogP contribution is 2.16. The van der Waals surface area contributed by atoms with E-state index in [2.05, 4.69) is 0 Å². The van der Waals surface area contributed by atoms with Gasteiger partial charge in [-0.1, -0.05) is 0 Å². The minimum atomic E-state index is -5.08. The van der Waals surface area contributed by atoms with Gasteiger partial charge in [0, 0.05) is 58.9 Å². The molecule has 0 aromatic heterocycles. The Hall–Kier alpha value is -7.89. The van der Waals surface area contributed by atoms with Crippen molar-refractivity contribution in [2.24, 2.45) is 0 Å². The third-order valence-electron chi connectivity index (χ3n) is 10.9. The summed E-state index contributed by atoms with van der Waals surface area (Å²) < 4.78 is 143. The van der Waals surface area contributed by atoms with Crippen LogP contribution in [0.4, 0.5) is 52.7 Å². The first kappa shape index (κ1) is 92.8. The molecule has 0 unspecified atom stereocenters. The van der Waals surface area contributed by atoms with Crippen LogP contribution in [0.25, 0.3) is 0 Å². The van der Waals surface area contributed by atoms with E-state index in [0.29, 0.717) is 77.4 Å². The molecule has 0 rings (SSSR count). The fraction of sp³-hybridized carbons (Fsp3) is 0.740. The largest absolute Gasteiger partial charge is 0.490 e. The Morgan fingerprint density at radius 1 is 0.228 bits per heavy atom. The Morgan fingerprint density at radius 2 is 0.370 bits per heavy atom. The fourth-order valence-electron chi connectivity index (χ4n) is 6.23. The molecular weight excluding hydrogens is 1300 g/mol. The standard InChI is InChI=1S/C42H72N4O18.4C2HF3O2/c47-34(48)10-22-43(23-11-35(49)50)19-4-1-7-31-62-40(59)16-28-46(29-17-41(60)63-32-8-2-5-20-44(24-12-36(51)52)25-13-37(53)54)30-18-42(61)64-33-9-3-6-21-45(26-14-38(55)56)27-15-39(57)58;4*3-2(4,5)1(6)7/h1-33H2,(H,47,48)(H,49,50)(H,51,52)(H,53,54)(H,55,56)(H,57,58);4*(H,6,7). The van der Waals surface area contributed by atoms with Gasteiger partial charge in [0.1, 0.15) is 0 Å². The van der Waals surface area contributed by atoms with Crippen LogP contribution in [0.5, 0.6) is 0 Å². The van der Waals surface area contributed by atoms with Crippen LogP contribution < -0.4 is 0 Å². The van der Waals surface area contributed by atoms with E-state index >= 15 is 0 Å². The van der Waals surface area contributed by atoms with Gasteiger partial charge in [-0.3, -0.25) is 43.2 Å². The maximum Gasteiger partial charge on any atom is 0.490 e. The zero-order valence-electron chi connectivity index (χ0n) is 49.2. The molecule has 0 heterocycles. The number of esters is 3. The number of carbonyl (C=O) groups excluding carboxylic acids is 3. The molecule has 0 aromatic carbocycles. The number of aliphatic carboxylic acids is 10. The monoisotopic (exact) mass is 1380 g/mol. The van der Waals surface area contributed by atoms with Crippen LogP contribution in [0, 0.1) is 0 Å². The maximum atomic E-state index is 12.6. The SMILES string of the molecule is O=C(O)C(F)(F)F.O=C(O)C(F)(F)F.O=C(O)C(F)(F)F.O=C(O)C(F)(F)F.O=C(O)CCN(CCCCCOC(=O)CCN(CCC(=O)OCCCCCN(CCC(=O)O)CCC(=O)O)CCC(=O)OCCCCCN(CCC(=O)O)CCC(=O)O)CCC(=O)O. The number of carboxylic acids is 10. The lowest BCUT2D eigenvalue weighted by Gasteiger charge is -2.21. The fourth-order valence-corrected chi connectivity index (χ4v) is 6.23. The molecular formula is C50H76F12N4O26. The second-order valence-electron chi connectivity index (χ2n) is 18.5. The smallest absolute Gasteiger partial charge is 0.481 e. The average molecular weight is 1380 g/mol. The predicted molar refractivity (Wildman–Crippen MR) is 282 cm³/mol. The Balaban J connectivity index is -0.000000734. The number of halogens is 12. The van der Waals surface area contributed by atoms with Crippen molar-refractivity contribution in [3.05, 3.63) is 0 Å². The molecule has 0 aromatic rings. The molecule has 0 fully saturated rings. The summed E-state index contributed by atoms with van der Waals surface area (Å²) in [7, 11) is 0. The lowest BCUT2D eigenvalue weighted by atomic mass is 10.2. The van der Waals surface area contributed by atoms with Gasteiger partial charge in [-0.15, -0.1) is 0 Å². The lowest BCUT2D eigenvalue weighted by molar-refractivity contribution is -0.193. The topological polar surface area (TPSA) is 465 Å². The van der Waals surface area contributed by atoms with E-state index < -0.39 is 102 Å². The molecule has 0 bridgehead atoms. The first-order valence-electron chi connectivity index (χ1n) is 27.1. The Morgan fingerprint density at radius 3 is 0.511 bits per heavy atom. The number of hydrogen-bond acceptors (Lipinski definition) is 20. The average Bonchev–Trinajstić information content (AvgIpc) is 3.61. The molecule has 0 saturated carbocycles. The molecule has 0 radical (unpaired) electrons. The summed E-state index contributed by atoms with van der Waals surface area (Å²) in [5.41, 5.74) is 0. The third-order valence-corrected chi connectivity index (χ3v) is 10.9. The van der Waals surface area contributed by atoms with E-state index in [0.717, 1.165) is 0 Å². The Kier molecular flexibility index (Phi) is 53.2. The zero-order chi connectivity index (χ0) is 72.3. The molecule has 0 aliphatic rings. The molecule has 92 heavy (non-hydrogen) atoms. The highest BCUT2D eigenvalue weighted by Gasteiger charge is 2.40. The first-order valence-corrected chi connectivity index (χ1v) is 27.1. The normalized spacial score (nSPS) is 11.3. The van der Waals surface area contributed by atoms with Crippen molar-refractivity contribution in [3.63, 3.8) is 0 Å². The number of unbranched alkanes of at least 4 members (excludes halogenated alkanes) is 6. The van der Waals surface area contributed by atoms with E-state index in [-0.39, 0.29) is 137 Å². The van der Waals surface area contributed by atoms with Gasteiger partial charge < -0.3 is 84.9 Å². The van der Waals surface area contributed by atoms with E-state index in [1.165, 1.54) is 0 Å². The number of rotatable bonds is 45. The first-order chi connectivity index (χ1) is 42.2. The molecule has 0 atom stereocenters. The van der Waals surface area contributed by atoms with Crippen LogP contribution in [-0.2, 0) is 76.5 Å². The summed E-state index contributed by atoms with van der Waals surface area (Å²) in [6, 6.07) is 0. The summed E-state index contributed by atoms with van der Waals surface area (Å²) in [6.07, 6.45) is -15.4. The Bertz CT molecular complexity index is 1910. The van der Waals surface area contributed by atoms with Crippen molar-refractivity contribution in [3.8, 4) is 0 Å². The van der Waals surface area contributed by atoms with Gasteiger partial charge in [0.2, 0.25) is 0 Å². The van der Waals surface area contributed by atoms with Crippen LogP contribution in [-0.4, -0.2) is 271 Å². The molecule has 42 heteroatoms. The summed E-state index contributed by atoms with van der Waals surface area (Å²) in [5, 5.41) is 82.3. The summed E-state index contributed by atoms with van der Waals surface area (Å²) in [4.78, 5) is 146. The Labute approximate surface area is 515 Å². The lowest BCUT2D eigenvalue weighted by Crippen LogP contribution is -2.32. The van der Waals surface area contributed by atoms with Gasteiger partial charge in [0.05, 0.1) is 77.6 Å². The second kappa shape index (κ2) is 52.7. The van der Waals surface area contributed by atoms with Crippen LogP contribution >= 0.6 is 0 Å². The number of carbonyl (C=O) groups is 13. The van der Waals surface area contributed by atoms with Crippen molar-refractivity contribution in [1.29, 1.82) is 0 Å². The molecule has 30 nitrogen and oxygen atoms in total. The number of alkyl halides is 12. The van der Waals surface area contributed by atoms with Crippen molar-refractivity contribution in [2.45, 2.75) is 140 Å². The molecule has 0 aliphatic heterocycles. The van der Waals surface area contributed by atoms with Crippen molar-refractivity contribution in [2.75, 3.05) is 98.4 Å². The van der Waals surface area contributed by atoms with Gasteiger partial charge in [0.25, 0.3) is 0 Å². The van der Waals surface area contributed by atoms with Gasteiger partial charge in [-0.05, 0) is 77.4 Å². The predicted octanol–water partition coefficient (Wildman–Crippen LogP) is 4.89. The highest BCUT2D eigenvalue weighted by molar-refractivity contribution is 5.75. The highest BCUT2D eigenvalue weighted by atomic mass is 19.4. The molecule has 0 spiro atoms. The quantitative estimate of drug-likeness (QED) is 0.0168. The minimum Gasteiger partial charge on any atom is -0.481 e. The molecule has 536 valence electrons. The number of ether oxygens (including phenoxy) is 3. The maximum absolute atomic E-state index is 12.6. The molecule has 0 saturated heterocycles.